The van der Waals surface area contributed by atoms with Crippen LogP contribution >= 0.6 is 27.5 Å². The first kappa shape index (κ1) is 16.0. The molecular formula is C17H15BrClN3O. The summed E-state index contributed by atoms with van der Waals surface area (Å²) >= 11 is 9.40. The van der Waals surface area contributed by atoms with Crippen LogP contribution in [0, 0.1) is 0 Å². The first-order chi connectivity index (χ1) is 11.1. The zero-order chi connectivity index (χ0) is 16.2. The molecule has 0 saturated carbocycles. The van der Waals surface area contributed by atoms with Crippen LogP contribution in [0.5, 0.6) is 0 Å². The van der Waals surface area contributed by atoms with Crippen molar-refractivity contribution in [2.75, 3.05) is 6.54 Å². The molecular weight excluding hydrogens is 378 g/mol. The molecule has 0 aliphatic rings. The highest BCUT2D eigenvalue weighted by Crippen LogP contribution is 2.20. The predicted octanol–water partition coefficient (Wildman–Crippen LogP) is 4.27. The molecule has 0 radical (unpaired) electrons. The van der Waals surface area contributed by atoms with E-state index in [9.17, 15) is 4.79 Å². The van der Waals surface area contributed by atoms with E-state index in [0.717, 1.165) is 28.5 Å². The number of benzene rings is 2. The van der Waals surface area contributed by atoms with Crippen molar-refractivity contribution in [3.63, 3.8) is 0 Å². The summed E-state index contributed by atoms with van der Waals surface area (Å²) in [6.07, 6.45) is 2.65. The minimum Gasteiger partial charge on any atom is -0.352 e. The second-order valence-electron chi connectivity index (χ2n) is 5.16. The molecule has 2 aromatic carbocycles. The van der Waals surface area contributed by atoms with Crippen molar-refractivity contribution in [1.29, 1.82) is 0 Å². The number of carbonyl (C=O) groups excluding carboxylic acids is 1. The quantitative estimate of drug-likeness (QED) is 0.659. The van der Waals surface area contributed by atoms with E-state index >= 15 is 0 Å². The number of fused-ring (bicyclic) bond motifs is 1. The number of aromatic nitrogens is 2. The van der Waals surface area contributed by atoms with Gasteiger partial charge >= 0.3 is 0 Å². The molecule has 3 rings (SSSR count). The van der Waals surface area contributed by atoms with E-state index < -0.39 is 0 Å². The lowest BCUT2D eigenvalue weighted by Gasteiger charge is -2.08. The summed E-state index contributed by atoms with van der Waals surface area (Å²) in [4.78, 5) is 16.5. The zero-order valence-corrected chi connectivity index (χ0v) is 14.6. The molecule has 0 aliphatic heterocycles. The SMILES string of the molecule is O=C(NCCCn1cnc2ccccc21)c1cc(Br)ccc1Cl. The number of halogens is 2. The van der Waals surface area contributed by atoms with Crippen LogP contribution in [0.2, 0.25) is 5.02 Å². The van der Waals surface area contributed by atoms with Crippen LogP contribution in [-0.4, -0.2) is 22.0 Å². The Bertz CT molecular complexity index is 847. The maximum absolute atomic E-state index is 12.2. The summed E-state index contributed by atoms with van der Waals surface area (Å²) in [7, 11) is 0. The summed E-state index contributed by atoms with van der Waals surface area (Å²) in [5, 5.41) is 3.35. The molecule has 118 valence electrons. The monoisotopic (exact) mass is 391 g/mol. The molecule has 0 unspecified atom stereocenters. The molecule has 23 heavy (non-hydrogen) atoms. The number of hydrogen-bond donors (Lipinski definition) is 1. The largest absolute Gasteiger partial charge is 0.352 e. The molecule has 1 N–H and O–H groups in total. The van der Waals surface area contributed by atoms with E-state index in [1.807, 2.05) is 36.7 Å². The Labute approximate surface area is 147 Å². The van der Waals surface area contributed by atoms with Gasteiger partial charge in [0.25, 0.3) is 5.91 Å². The minimum atomic E-state index is -0.160. The van der Waals surface area contributed by atoms with Crippen molar-refractivity contribution < 1.29 is 4.79 Å². The molecule has 1 heterocycles. The Hall–Kier alpha value is -1.85. The number of nitrogens with one attached hydrogen (secondary N) is 1. The smallest absolute Gasteiger partial charge is 0.252 e. The second-order valence-corrected chi connectivity index (χ2v) is 6.48. The van der Waals surface area contributed by atoms with Crippen LogP contribution in [0.25, 0.3) is 11.0 Å². The Balaban J connectivity index is 1.55. The highest BCUT2D eigenvalue weighted by Gasteiger charge is 2.10. The van der Waals surface area contributed by atoms with E-state index in [4.69, 9.17) is 11.6 Å². The van der Waals surface area contributed by atoms with Crippen LogP contribution in [0.15, 0.2) is 53.3 Å². The average molecular weight is 393 g/mol. The standard InChI is InChI=1S/C17H15BrClN3O/c18-12-6-7-14(19)13(10-12)17(23)20-8-3-9-22-11-21-15-4-1-2-5-16(15)22/h1-2,4-7,10-11H,3,8-9H2,(H,20,23). The lowest BCUT2D eigenvalue weighted by atomic mass is 10.2. The van der Waals surface area contributed by atoms with Gasteiger partial charge in [-0.25, -0.2) is 4.98 Å². The molecule has 0 aliphatic carbocycles. The maximum atomic E-state index is 12.2. The number of para-hydroxylation sites is 2. The van der Waals surface area contributed by atoms with Gasteiger partial charge in [-0.05, 0) is 36.8 Å². The molecule has 0 fully saturated rings. The zero-order valence-electron chi connectivity index (χ0n) is 12.3. The van der Waals surface area contributed by atoms with Crippen molar-refractivity contribution in [3.8, 4) is 0 Å². The Morgan fingerprint density at radius 1 is 1.26 bits per heavy atom. The Kier molecular flexibility index (Phi) is 4.98. The van der Waals surface area contributed by atoms with Crippen molar-refractivity contribution in [2.24, 2.45) is 0 Å². The van der Waals surface area contributed by atoms with Gasteiger partial charge in [0, 0.05) is 17.6 Å². The number of hydrogen-bond acceptors (Lipinski definition) is 2. The van der Waals surface area contributed by atoms with Crippen molar-refractivity contribution in [1.82, 2.24) is 14.9 Å². The normalized spacial score (nSPS) is 10.9. The number of nitrogens with zero attached hydrogens (tertiary/aromatic N) is 2. The number of imidazole rings is 1. The van der Waals surface area contributed by atoms with Crippen LogP contribution in [0.3, 0.4) is 0 Å². The second kappa shape index (κ2) is 7.15. The minimum absolute atomic E-state index is 0.160. The van der Waals surface area contributed by atoms with E-state index in [1.165, 1.54) is 0 Å². The first-order valence-corrected chi connectivity index (χ1v) is 8.45. The van der Waals surface area contributed by atoms with Gasteiger partial charge in [0.1, 0.15) is 0 Å². The summed E-state index contributed by atoms with van der Waals surface area (Å²) in [5.74, 6) is -0.160. The lowest BCUT2D eigenvalue weighted by Crippen LogP contribution is -2.25. The van der Waals surface area contributed by atoms with E-state index in [2.05, 4.69) is 30.8 Å². The molecule has 3 aromatic rings. The van der Waals surface area contributed by atoms with Gasteiger partial charge in [-0.15, -0.1) is 0 Å². The van der Waals surface area contributed by atoms with Crippen LogP contribution in [-0.2, 0) is 6.54 Å². The van der Waals surface area contributed by atoms with Crippen molar-refractivity contribution in [2.45, 2.75) is 13.0 Å². The van der Waals surface area contributed by atoms with Crippen LogP contribution < -0.4 is 5.32 Å². The number of amides is 1. The van der Waals surface area contributed by atoms with E-state index in [-0.39, 0.29) is 5.91 Å². The van der Waals surface area contributed by atoms with Crippen molar-refractivity contribution in [3.05, 3.63) is 63.9 Å². The molecule has 0 saturated heterocycles. The molecule has 1 aromatic heterocycles. The third-order valence-corrected chi connectivity index (χ3v) is 4.38. The molecule has 0 atom stereocenters. The van der Waals surface area contributed by atoms with Crippen LogP contribution in [0.1, 0.15) is 16.8 Å². The van der Waals surface area contributed by atoms with Gasteiger partial charge in [-0.2, -0.15) is 0 Å². The van der Waals surface area contributed by atoms with Gasteiger partial charge in [0.15, 0.2) is 0 Å². The summed E-state index contributed by atoms with van der Waals surface area (Å²) in [6.45, 7) is 1.38. The fraction of sp³-hybridized carbons (Fsp3) is 0.176. The Morgan fingerprint density at radius 2 is 2.09 bits per heavy atom. The maximum Gasteiger partial charge on any atom is 0.252 e. The van der Waals surface area contributed by atoms with Gasteiger partial charge in [-0.1, -0.05) is 39.7 Å². The van der Waals surface area contributed by atoms with Gasteiger partial charge < -0.3 is 9.88 Å². The van der Waals surface area contributed by atoms with Crippen LogP contribution in [0.4, 0.5) is 0 Å². The third-order valence-electron chi connectivity index (χ3n) is 3.56. The summed E-state index contributed by atoms with van der Waals surface area (Å²) in [5.41, 5.74) is 2.57. The Morgan fingerprint density at radius 3 is 2.96 bits per heavy atom. The van der Waals surface area contributed by atoms with Gasteiger partial charge in [0.05, 0.1) is 27.9 Å². The lowest BCUT2D eigenvalue weighted by molar-refractivity contribution is 0.0953. The van der Waals surface area contributed by atoms with Gasteiger partial charge in [0.2, 0.25) is 0 Å². The number of rotatable bonds is 5. The summed E-state index contributed by atoms with van der Waals surface area (Å²) < 4.78 is 2.92. The van der Waals surface area contributed by atoms with E-state index in [0.29, 0.717) is 17.1 Å². The fourth-order valence-electron chi connectivity index (χ4n) is 2.41. The van der Waals surface area contributed by atoms with E-state index in [1.54, 1.807) is 12.1 Å². The highest BCUT2D eigenvalue weighted by atomic mass is 79.9. The molecule has 0 spiro atoms. The molecule has 0 bridgehead atoms. The fourth-order valence-corrected chi connectivity index (χ4v) is 2.97. The first-order valence-electron chi connectivity index (χ1n) is 7.28. The average Bonchev–Trinajstić information content (AvgIpc) is 2.97. The predicted molar refractivity (Wildman–Crippen MR) is 95.8 cm³/mol. The van der Waals surface area contributed by atoms with Gasteiger partial charge in [-0.3, -0.25) is 4.79 Å². The number of aryl methyl sites for hydroxylation is 1. The highest BCUT2D eigenvalue weighted by molar-refractivity contribution is 9.10. The summed E-state index contributed by atoms with van der Waals surface area (Å²) in [6, 6.07) is 13.2. The molecule has 4 nitrogen and oxygen atoms in total. The topological polar surface area (TPSA) is 46.9 Å². The van der Waals surface area contributed by atoms with Crippen molar-refractivity contribution >= 4 is 44.5 Å². The number of carbonyl (C=O) groups is 1. The third kappa shape index (κ3) is 3.74. The molecule has 1 amide bonds. The molecule has 6 heteroatoms.